The molecule has 0 amide bonds. The number of halogens is 6. The molecule has 14 aromatic rings. The summed E-state index contributed by atoms with van der Waals surface area (Å²) in [6.45, 7) is 39.9. The number of imidazole rings is 5. The van der Waals surface area contributed by atoms with Gasteiger partial charge in [0.05, 0.1) is 197 Å². The molecule has 3 N–H and O–H groups in total. The van der Waals surface area contributed by atoms with E-state index in [1.807, 2.05) is 112 Å². The van der Waals surface area contributed by atoms with E-state index in [2.05, 4.69) is 195 Å². The van der Waals surface area contributed by atoms with E-state index in [1.54, 1.807) is 46.1 Å². The Labute approximate surface area is 916 Å². The molecule has 0 aromatic carbocycles. The van der Waals surface area contributed by atoms with Crippen LogP contribution in [0, 0.1) is 7.40 Å². The molecule has 0 saturated carbocycles. The SMILES string of the molecule is C1CCOCC1.C1CCOCC1.CC1(C)OB(c2ccn[nH]2)OC1(C)C.C[C@@H]1COCCN1.C[C@@H]1COCCN1c1cc(N2CCOCC2)c2ncc(-c3ccn[nH]3)n2n1.C[C@@H]1COCCN1c1cc(N2CCOCC2)c2ncc(-c3ccnn3C3CCCCO3)n2n1.Clc1cc(Br)c2ncc(I)n2n1.Clc1cc(N2CCOCC2)c2ncc(-c3ccnn3C3CCCCO3)n2n1.Clc1cc(N2CCOCC2)c2ncc(I)n2n1. The van der Waals surface area contributed by atoms with Crippen molar-refractivity contribution in [1.29, 1.82) is 0 Å². The number of nitrogens with one attached hydrogen (secondary N) is 3. The van der Waals surface area contributed by atoms with E-state index in [0.717, 1.165) is 317 Å². The summed E-state index contributed by atoms with van der Waals surface area (Å²) >= 11 is 25.9. The molecule has 0 aliphatic carbocycles. The third-order valence-electron chi connectivity index (χ3n) is 27.5. The summed E-state index contributed by atoms with van der Waals surface area (Å²) in [5.74, 6) is 1.89. The van der Waals surface area contributed by atoms with Crippen molar-refractivity contribution in [2.24, 2.45) is 0 Å². The second-order valence-corrected chi connectivity index (χ2v) is 42.7. The molecular weight excluding hydrogens is 2270 g/mol. The first-order valence-electron chi connectivity index (χ1n) is 51.7. The standard InChI is InChI=1S/C23H31N7O3.C18H21ClN6O2.C18H23N7O2.C10H10ClIN4O.C9H15BN2O2.C6H2BrClIN3.C5H11NO.2C5H10O/c1-17-16-32-13-9-28(17)21-14-19(27-7-11-31-12-8-27)23-24-15-20(30(23)26-21)18-5-6-25-29(18)22-4-2-3-10-33-22;19-16-11-14(23-6-9-26-10-7-23)18-20-12-15(25(18)22-16)13-4-5-21-24(13)17-3-1-2-8-27-17;1-13-12-27-9-6-24(13)17-10-15(23-4-7-26-8-5-23)18-19-11-16(25(18)22-17)14-2-3-20-21-14;11-8-5-7(15-1-3-17-4-2-15)10-13-6-9(12)16(10)14-8;1-8(2)9(3,4)14-10(13-8)7-5-6-11-12-7;7-3-1-4(8)11-12-5(9)2-10-6(3)12;1-5-4-7-3-2-6-5;2*1-2-4-6-5-3-1/h5-6,14-15,17,22H,2-4,7-13,16H2,1H3;4-5,11-12,17H,1-3,6-10H2;2-3,10-11,13H,4-9,12H2,1H3,(H,20,21);5-6H,1-4H2;5-6H,1-4H3,(H,11,12);1-2H;5-6H,2-4H2,1H3;2*1-5H2/t17-,22?;;13-;;;;5-;;/m1.1...1../s1. The monoisotopic (exact) mass is 2400 g/mol. The lowest BCUT2D eigenvalue weighted by atomic mass is 9.85. The quantitative estimate of drug-likeness (QED) is 0.0755. The number of rotatable bonds is 12. The van der Waals surface area contributed by atoms with Crippen LogP contribution < -0.4 is 40.3 Å². The summed E-state index contributed by atoms with van der Waals surface area (Å²) < 4.78 is 87.9. The molecule has 12 aliphatic heterocycles. The fourth-order valence-electron chi connectivity index (χ4n) is 18.8. The van der Waals surface area contributed by atoms with Gasteiger partial charge in [-0.3, -0.25) is 10.2 Å². The Morgan fingerprint density at radius 2 is 0.758 bits per heavy atom. The smallest absolute Gasteiger partial charge is 0.398 e. The van der Waals surface area contributed by atoms with Crippen molar-refractivity contribution < 1.29 is 61.4 Å². The van der Waals surface area contributed by atoms with Gasteiger partial charge >= 0.3 is 7.12 Å². The Morgan fingerprint density at radius 3 is 1.15 bits per heavy atom. The van der Waals surface area contributed by atoms with Crippen LogP contribution in [0.5, 0.6) is 0 Å². The molecular formula is C99H133BBrCl3I2N30O13. The minimum absolute atomic E-state index is 0.0459. The number of aromatic nitrogens is 23. The maximum atomic E-state index is 6.36. The Balaban J connectivity index is 0.000000115. The van der Waals surface area contributed by atoms with Crippen LogP contribution in [0.1, 0.15) is 138 Å². The Hall–Kier alpha value is -8.95. The molecule has 0 bridgehead atoms. The lowest BCUT2D eigenvalue weighted by molar-refractivity contribution is -0.0385. The lowest BCUT2D eigenvalue weighted by Gasteiger charge is -2.35. The summed E-state index contributed by atoms with van der Waals surface area (Å²) in [5, 5.41) is 50.4. The average molecular weight is 2400 g/mol. The number of ether oxygens (including phenoxy) is 11. The van der Waals surface area contributed by atoms with Crippen LogP contribution in [0.25, 0.3) is 62.4 Å². The van der Waals surface area contributed by atoms with Crippen molar-refractivity contribution in [3.05, 3.63) is 138 Å². The van der Waals surface area contributed by atoms with Crippen LogP contribution in [0.3, 0.4) is 0 Å². The first-order valence-corrected chi connectivity index (χ1v) is 55.7. The second kappa shape index (κ2) is 53.3. The predicted octanol–water partition coefficient (Wildman–Crippen LogP) is 14.0. The van der Waals surface area contributed by atoms with E-state index < -0.39 is 0 Å². The van der Waals surface area contributed by atoms with Crippen LogP contribution in [0.4, 0.5) is 34.4 Å². The topological polar surface area (TPSA) is 395 Å². The van der Waals surface area contributed by atoms with Gasteiger partial charge in [-0.1, -0.05) is 34.8 Å². The molecule has 802 valence electrons. The van der Waals surface area contributed by atoms with Gasteiger partial charge in [0.15, 0.2) is 67.8 Å². The Kier molecular flexibility index (Phi) is 39.3. The Bertz CT molecular complexity index is 6480. The summed E-state index contributed by atoms with van der Waals surface area (Å²) in [6, 6.07) is 18.7. The van der Waals surface area contributed by atoms with E-state index in [1.165, 1.54) is 38.5 Å². The summed E-state index contributed by atoms with van der Waals surface area (Å²) in [4.78, 5) is 36.5. The fourth-order valence-corrected chi connectivity index (χ4v) is 20.9. The number of hydrogen-bond acceptors (Lipinski definition) is 34. The van der Waals surface area contributed by atoms with Gasteiger partial charge in [-0.25, -0.2) is 56.9 Å². The maximum Gasteiger partial charge on any atom is 0.513 e. The van der Waals surface area contributed by atoms with Crippen molar-refractivity contribution in [1.82, 2.24) is 118 Å². The number of aromatic amines is 2. The molecule has 2 unspecified atom stereocenters. The van der Waals surface area contributed by atoms with Gasteiger partial charge < -0.3 is 96.1 Å². The number of hydrogen-bond donors (Lipinski definition) is 3. The third kappa shape index (κ3) is 27.7. The van der Waals surface area contributed by atoms with Gasteiger partial charge in [0, 0.05) is 167 Å². The number of anilines is 6. The van der Waals surface area contributed by atoms with Gasteiger partial charge in [-0.2, -0.15) is 35.7 Å². The van der Waals surface area contributed by atoms with E-state index in [9.17, 15) is 0 Å². The molecule has 12 saturated heterocycles. The molecule has 50 heteroatoms. The molecule has 5 atom stereocenters. The van der Waals surface area contributed by atoms with Crippen LogP contribution in [-0.2, 0) is 61.4 Å². The van der Waals surface area contributed by atoms with Crippen molar-refractivity contribution in [3.63, 3.8) is 0 Å². The zero-order valence-corrected chi connectivity index (χ0v) is 93.6. The molecule has 12 fully saturated rings. The van der Waals surface area contributed by atoms with Crippen molar-refractivity contribution in [2.75, 3.05) is 234 Å². The zero-order chi connectivity index (χ0) is 103. The van der Waals surface area contributed by atoms with Crippen LogP contribution in [0.15, 0.2) is 115 Å². The molecule has 26 rings (SSSR count). The second-order valence-electron chi connectivity index (χ2n) is 38.5. The highest BCUT2D eigenvalue weighted by atomic mass is 127. The molecule has 12 aliphatic rings. The molecule has 26 heterocycles. The number of nitrogens with zero attached hydrogens (tertiary/aromatic N) is 27. The van der Waals surface area contributed by atoms with Gasteiger partial charge in [-0.05, 0) is 217 Å². The van der Waals surface area contributed by atoms with E-state index in [0.29, 0.717) is 61.1 Å². The van der Waals surface area contributed by atoms with Crippen LogP contribution in [0.2, 0.25) is 15.5 Å². The minimum atomic E-state index is -0.331. The van der Waals surface area contributed by atoms with E-state index in [-0.39, 0.29) is 42.9 Å². The van der Waals surface area contributed by atoms with Gasteiger partial charge in [-0.15, -0.1) is 10.2 Å². The summed E-state index contributed by atoms with van der Waals surface area (Å²) in [5.41, 5.74) is 14.1. The highest BCUT2D eigenvalue weighted by Crippen LogP contribution is 2.40. The highest BCUT2D eigenvalue weighted by Gasteiger charge is 2.52. The third-order valence-corrected chi connectivity index (χ3v) is 30.1. The van der Waals surface area contributed by atoms with Crippen LogP contribution in [-0.4, -0.2) is 354 Å². The number of morpholine rings is 7. The van der Waals surface area contributed by atoms with Crippen LogP contribution >= 0.6 is 95.9 Å². The first-order chi connectivity index (χ1) is 72.7. The minimum Gasteiger partial charge on any atom is -0.398 e. The zero-order valence-electron chi connectivity index (χ0n) is 85.4. The lowest BCUT2D eigenvalue weighted by Crippen LogP contribution is -2.44. The van der Waals surface area contributed by atoms with Gasteiger partial charge in [0.25, 0.3) is 0 Å². The summed E-state index contributed by atoms with van der Waals surface area (Å²) in [6.07, 6.45) is 30.4. The summed E-state index contributed by atoms with van der Waals surface area (Å²) in [7, 11) is -0.331. The predicted molar refractivity (Wildman–Crippen MR) is 590 cm³/mol. The molecule has 0 spiro atoms. The van der Waals surface area contributed by atoms with E-state index >= 15 is 0 Å². The molecule has 149 heavy (non-hydrogen) atoms. The molecule has 0 radical (unpaired) electrons. The number of H-pyrrole nitrogens is 2. The molecule has 14 aromatic heterocycles. The maximum absolute atomic E-state index is 6.36. The largest absolute Gasteiger partial charge is 0.513 e. The fraction of sp³-hybridized carbons (Fsp3) is 0.576. The van der Waals surface area contributed by atoms with Crippen molar-refractivity contribution in [3.8, 4) is 34.2 Å². The van der Waals surface area contributed by atoms with Crippen molar-refractivity contribution in [2.45, 2.75) is 167 Å². The van der Waals surface area contributed by atoms with Gasteiger partial charge in [0.1, 0.15) is 24.5 Å². The molecule has 43 nitrogen and oxygen atoms in total. The first kappa shape index (κ1) is 110. The Morgan fingerprint density at radius 1 is 0.376 bits per heavy atom. The number of fused-ring (bicyclic) bond motifs is 5. The van der Waals surface area contributed by atoms with E-state index in [4.69, 9.17) is 111 Å². The average Bonchev–Trinajstić information content (AvgIpc) is 1.66. The van der Waals surface area contributed by atoms with Crippen molar-refractivity contribution >= 4 is 171 Å². The highest BCUT2D eigenvalue weighted by molar-refractivity contribution is 14.1. The normalized spacial score (nSPS) is 21.6. The van der Waals surface area contributed by atoms with Gasteiger partial charge in [0.2, 0.25) is 0 Å².